The summed E-state index contributed by atoms with van der Waals surface area (Å²) in [6.07, 6.45) is -2.20. The van der Waals surface area contributed by atoms with E-state index < -0.39 is 23.1 Å². The molecular weight excluding hydrogens is 463 g/mol. The Labute approximate surface area is 200 Å². The summed E-state index contributed by atoms with van der Waals surface area (Å²) in [5.74, 6) is -0.403. The van der Waals surface area contributed by atoms with Crippen molar-refractivity contribution in [1.82, 2.24) is 24.8 Å². The molecule has 2 aromatic heterocycles. The van der Waals surface area contributed by atoms with Gasteiger partial charge in [0.2, 0.25) is 11.9 Å². The van der Waals surface area contributed by atoms with E-state index in [0.29, 0.717) is 43.0 Å². The first-order valence-electron chi connectivity index (χ1n) is 11.3. The van der Waals surface area contributed by atoms with Gasteiger partial charge < -0.3 is 21.1 Å². The molecule has 4 rings (SSSR count). The number of anilines is 3. The van der Waals surface area contributed by atoms with E-state index in [-0.39, 0.29) is 23.7 Å². The molecule has 0 bridgehead atoms. The van der Waals surface area contributed by atoms with Crippen molar-refractivity contribution in [2.24, 2.45) is 5.41 Å². The number of nitrogens with zero attached hydrogens (tertiary/aromatic N) is 4. The zero-order valence-corrected chi connectivity index (χ0v) is 19.7. The highest BCUT2D eigenvalue weighted by Crippen LogP contribution is 2.36. The van der Waals surface area contributed by atoms with Crippen molar-refractivity contribution in [1.29, 1.82) is 0 Å². The Morgan fingerprint density at radius 3 is 2.54 bits per heavy atom. The van der Waals surface area contributed by atoms with Crippen LogP contribution in [-0.4, -0.2) is 49.2 Å². The molecule has 0 radical (unpaired) electrons. The first-order valence-corrected chi connectivity index (χ1v) is 11.3. The van der Waals surface area contributed by atoms with Crippen LogP contribution in [0.25, 0.3) is 11.2 Å². The number of nitrogens with one attached hydrogen (secondary N) is 3. The lowest BCUT2D eigenvalue weighted by Crippen LogP contribution is -2.45. The van der Waals surface area contributed by atoms with Crippen molar-refractivity contribution in [3.8, 4) is 0 Å². The minimum absolute atomic E-state index is 0.0494. The number of aliphatic carboxylic acids is 1. The minimum atomic E-state index is -4.50. The summed E-state index contributed by atoms with van der Waals surface area (Å²) in [6, 6.07) is 4.77. The molecule has 0 unspecified atom stereocenters. The van der Waals surface area contributed by atoms with Gasteiger partial charge in [-0.15, -0.1) is 0 Å². The molecule has 9 nitrogen and oxygen atoms in total. The molecule has 12 heteroatoms. The zero-order chi connectivity index (χ0) is 25.4. The predicted molar refractivity (Wildman–Crippen MR) is 126 cm³/mol. The van der Waals surface area contributed by atoms with Gasteiger partial charge in [0.05, 0.1) is 17.2 Å². The number of piperidine rings is 1. The molecule has 1 fully saturated rings. The molecular formula is C23H28F3N7O2. The van der Waals surface area contributed by atoms with Crippen LogP contribution in [0.2, 0.25) is 0 Å². The zero-order valence-electron chi connectivity index (χ0n) is 19.7. The molecule has 0 atom stereocenters. The maximum absolute atomic E-state index is 13.2. The van der Waals surface area contributed by atoms with E-state index in [1.54, 1.807) is 4.57 Å². The molecule has 1 saturated heterocycles. The maximum atomic E-state index is 13.2. The number of hydrogen-bond donors (Lipinski definition) is 4. The molecule has 1 aliphatic rings. The van der Waals surface area contributed by atoms with Crippen molar-refractivity contribution in [2.75, 3.05) is 23.7 Å². The average Bonchev–Trinajstić information content (AvgIpc) is 3.09. The molecule has 0 spiro atoms. The smallest absolute Gasteiger partial charge is 0.416 e. The third-order valence-electron chi connectivity index (χ3n) is 5.90. The fraction of sp³-hybridized carbons (Fsp3) is 0.478. The maximum Gasteiger partial charge on any atom is 0.416 e. The standard InChI is InChI=1S/C23H28F3N7O2/c1-21(2,3)32-19-28-12-16-17(31-19)33(13-22(18(34)35)7-9-27-10-8-22)20(30-16)29-15-6-4-5-14(11-15)23(24,25)26/h4-6,11-12,27H,7-10,13H2,1-3H3,(H,29,30)(H,34,35)(H,28,31,32). The summed E-state index contributed by atoms with van der Waals surface area (Å²) in [5.41, 5.74) is -1.25. The Balaban J connectivity index is 1.81. The second kappa shape index (κ2) is 8.99. The van der Waals surface area contributed by atoms with Gasteiger partial charge in [0, 0.05) is 17.8 Å². The first kappa shape index (κ1) is 24.7. The third-order valence-corrected chi connectivity index (χ3v) is 5.90. The summed E-state index contributed by atoms with van der Waals surface area (Å²) in [6.45, 7) is 6.99. The second-order valence-electron chi connectivity index (χ2n) is 9.84. The quantitative estimate of drug-likeness (QED) is 0.404. The Kier molecular flexibility index (Phi) is 6.34. The first-order chi connectivity index (χ1) is 16.4. The van der Waals surface area contributed by atoms with Crippen LogP contribution in [0.3, 0.4) is 0 Å². The van der Waals surface area contributed by atoms with Gasteiger partial charge in [0.25, 0.3) is 0 Å². The number of carboxylic acid groups (broad SMARTS) is 1. The number of rotatable bonds is 6. The number of carbonyl (C=O) groups is 1. The molecule has 1 aliphatic heterocycles. The Hall–Kier alpha value is -3.41. The number of benzene rings is 1. The molecule has 188 valence electrons. The summed E-state index contributed by atoms with van der Waals surface area (Å²) in [7, 11) is 0. The highest BCUT2D eigenvalue weighted by atomic mass is 19.4. The van der Waals surface area contributed by atoms with Crippen molar-refractivity contribution >= 4 is 34.7 Å². The number of fused-ring (bicyclic) bond motifs is 1. The molecule has 3 aromatic rings. The summed E-state index contributed by atoms with van der Waals surface area (Å²) in [4.78, 5) is 25.8. The van der Waals surface area contributed by atoms with Gasteiger partial charge in [-0.05, 0) is 64.9 Å². The third kappa shape index (κ3) is 5.47. The molecule has 3 heterocycles. The SMILES string of the molecule is CC(C)(C)Nc1ncc2nc(Nc3cccc(C(F)(F)F)c3)n(CC3(C(=O)O)CCNCC3)c2n1. The number of halogens is 3. The fourth-order valence-electron chi connectivity index (χ4n) is 4.11. The van der Waals surface area contributed by atoms with Crippen molar-refractivity contribution in [3.05, 3.63) is 36.0 Å². The number of carboxylic acids is 1. The lowest BCUT2D eigenvalue weighted by atomic mass is 9.79. The van der Waals surface area contributed by atoms with E-state index in [1.165, 1.54) is 18.3 Å². The number of aromatic nitrogens is 4. The van der Waals surface area contributed by atoms with E-state index in [2.05, 4.69) is 30.9 Å². The normalized spacial score (nSPS) is 16.3. The van der Waals surface area contributed by atoms with Crippen LogP contribution in [0.1, 0.15) is 39.2 Å². The van der Waals surface area contributed by atoms with Gasteiger partial charge in [0.1, 0.15) is 5.52 Å². The monoisotopic (exact) mass is 491 g/mol. The van der Waals surface area contributed by atoms with Crippen LogP contribution in [0.5, 0.6) is 0 Å². The summed E-state index contributed by atoms with van der Waals surface area (Å²) >= 11 is 0. The van der Waals surface area contributed by atoms with Gasteiger partial charge in [-0.1, -0.05) is 6.07 Å². The molecule has 1 aromatic carbocycles. The summed E-state index contributed by atoms with van der Waals surface area (Å²) in [5, 5.41) is 19.4. The van der Waals surface area contributed by atoms with E-state index in [9.17, 15) is 23.1 Å². The van der Waals surface area contributed by atoms with Crippen LogP contribution >= 0.6 is 0 Å². The van der Waals surface area contributed by atoms with Crippen molar-refractivity contribution in [2.45, 2.75) is 51.9 Å². The van der Waals surface area contributed by atoms with E-state index in [0.717, 1.165) is 12.1 Å². The lowest BCUT2D eigenvalue weighted by molar-refractivity contribution is -0.151. The van der Waals surface area contributed by atoms with E-state index in [4.69, 9.17) is 0 Å². The molecule has 35 heavy (non-hydrogen) atoms. The highest BCUT2D eigenvalue weighted by Gasteiger charge is 2.41. The number of imidazole rings is 1. The van der Waals surface area contributed by atoms with E-state index in [1.807, 2.05) is 20.8 Å². The van der Waals surface area contributed by atoms with Crippen molar-refractivity contribution in [3.63, 3.8) is 0 Å². The second-order valence-corrected chi connectivity index (χ2v) is 9.84. The predicted octanol–water partition coefficient (Wildman–Crippen LogP) is 4.25. The number of alkyl halides is 3. The van der Waals surface area contributed by atoms with Gasteiger partial charge in [-0.25, -0.2) is 9.97 Å². The van der Waals surface area contributed by atoms with Crippen molar-refractivity contribution < 1.29 is 23.1 Å². The summed E-state index contributed by atoms with van der Waals surface area (Å²) < 4.78 is 41.3. The van der Waals surface area contributed by atoms with Gasteiger partial charge >= 0.3 is 12.1 Å². The van der Waals surface area contributed by atoms with Gasteiger partial charge in [-0.3, -0.25) is 9.36 Å². The lowest BCUT2D eigenvalue weighted by Gasteiger charge is -2.34. The Bertz CT molecular complexity index is 1230. The fourth-order valence-corrected chi connectivity index (χ4v) is 4.11. The minimum Gasteiger partial charge on any atom is -0.481 e. The van der Waals surface area contributed by atoms with Gasteiger partial charge in [0.15, 0.2) is 5.65 Å². The highest BCUT2D eigenvalue weighted by molar-refractivity contribution is 5.78. The van der Waals surface area contributed by atoms with Gasteiger partial charge in [-0.2, -0.15) is 18.2 Å². The Morgan fingerprint density at radius 2 is 1.91 bits per heavy atom. The molecule has 4 N–H and O–H groups in total. The molecule has 0 aliphatic carbocycles. The topological polar surface area (TPSA) is 117 Å². The largest absolute Gasteiger partial charge is 0.481 e. The van der Waals surface area contributed by atoms with Crippen LogP contribution in [0, 0.1) is 5.41 Å². The van der Waals surface area contributed by atoms with Crippen LogP contribution in [0.4, 0.5) is 30.8 Å². The van der Waals surface area contributed by atoms with Crippen LogP contribution in [0.15, 0.2) is 30.5 Å². The Morgan fingerprint density at radius 1 is 1.20 bits per heavy atom. The average molecular weight is 492 g/mol. The van der Waals surface area contributed by atoms with Crippen LogP contribution < -0.4 is 16.0 Å². The van der Waals surface area contributed by atoms with Crippen LogP contribution in [-0.2, 0) is 17.5 Å². The van der Waals surface area contributed by atoms with E-state index >= 15 is 0 Å². The number of hydrogen-bond acceptors (Lipinski definition) is 7. The molecule has 0 saturated carbocycles. The molecule has 0 amide bonds.